The summed E-state index contributed by atoms with van der Waals surface area (Å²) < 4.78 is 7.87. The van der Waals surface area contributed by atoms with Gasteiger partial charge >= 0.3 is 0 Å². The molecule has 2 unspecified atom stereocenters. The van der Waals surface area contributed by atoms with E-state index in [1.807, 2.05) is 23.1 Å². The highest BCUT2D eigenvalue weighted by Crippen LogP contribution is 2.41. The van der Waals surface area contributed by atoms with Crippen molar-refractivity contribution in [3.8, 4) is 5.75 Å². The minimum absolute atomic E-state index is 0.163. The highest BCUT2D eigenvalue weighted by molar-refractivity contribution is 6.30. The summed E-state index contributed by atoms with van der Waals surface area (Å²) >= 11 is 5.95. The first-order valence-electron chi connectivity index (χ1n) is 6.84. The molecule has 0 bridgehead atoms. The molecule has 2 heterocycles. The summed E-state index contributed by atoms with van der Waals surface area (Å²) in [5.74, 6) is 0.696. The van der Waals surface area contributed by atoms with Crippen LogP contribution in [0, 0.1) is 0 Å². The second kappa shape index (κ2) is 5.46. The second-order valence-electron chi connectivity index (χ2n) is 5.08. The van der Waals surface area contributed by atoms with Gasteiger partial charge in [-0.25, -0.2) is 0 Å². The third-order valence-corrected chi connectivity index (χ3v) is 3.75. The lowest BCUT2D eigenvalue weighted by Gasteiger charge is -2.29. The molecule has 0 saturated carbocycles. The number of aliphatic hydroxyl groups excluding tert-OH is 1. The van der Waals surface area contributed by atoms with Crippen LogP contribution in [0.15, 0.2) is 30.6 Å². The Labute approximate surface area is 122 Å². The molecule has 0 aliphatic carbocycles. The summed E-state index contributed by atoms with van der Waals surface area (Å²) in [5, 5.41) is 15.2. The Morgan fingerprint density at radius 3 is 3.15 bits per heavy atom. The normalized spacial score (nSPS) is 21.4. The largest absolute Gasteiger partial charge is 0.485 e. The maximum atomic E-state index is 10.3. The summed E-state index contributed by atoms with van der Waals surface area (Å²) in [5.41, 5.74) is 1.76. The van der Waals surface area contributed by atoms with Gasteiger partial charge in [0.2, 0.25) is 0 Å². The first-order chi connectivity index (χ1) is 9.67. The number of aliphatic hydroxyl groups is 1. The summed E-state index contributed by atoms with van der Waals surface area (Å²) in [6, 6.07) is 5.35. The van der Waals surface area contributed by atoms with Crippen molar-refractivity contribution >= 4 is 11.6 Å². The Hall–Kier alpha value is -1.52. The van der Waals surface area contributed by atoms with E-state index in [0.29, 0.717) is 17.2 Å². The Morgan fingerprint density at radius 1 is 1.50 bits per heavy atom. The van der Waals surface area contributed by atoms with E-state index in [1.165, 1.54) is 0 Å². The van der Waals surface area contributed by atoms with Crippen molar-refractivity contribution in [2.75, 3.05) is 0 Å². The molecule has 4 nitrogen and oxygen atoms in total. The van der Waals surface area contributed by atoms with Crippen LogP contribution in [-0.2, 0) is 6.54 Å². The number of halogens is 1. The number of nitrogens with zero attached hydrogens (tertiary/aromatic N) is 2. The fourth-order valence-electron chi connectivity index (χ4n) is 2.52. The highest BCUT2D eigenvalue weighted by atomic mass is 35.5. The molecule has 0 spiro atoms. The molecule has 2 atom stereocenters. The van der Waals surface area contributed by atoms with Gasteiger partial charge in [-0.1, -0.05) is 18.5 Å². The van der Waals surface area contributed by atoms with Crippen LogP contribution in [0.1, 0.15) is 43.1 Å². The smallest absolute Gasteiger partial charge is 0.130 e. The van der Waals surface area contributed by atoms with E-state index in [-0.39, 0.29) is 6.10 Å². The molecule has 2 aromatic rings. The highest BCUT2D eigenvalue weighted by Gasteiger charge is 2.29. The van der Waals surface area contributed by atoms with Gasteiger partial charge < -0.3 is 9.84 Å². The quantitative estimate of drug-likeness (QED) is 0.942. The number of rotatable bonds is 3. The molecule has 5 heteroatoms. The molecule has 3 rings (SSSR count). The van der Waals surface area contributed by atoms with Gasteiger partial charge in [-0.2, -0.15) is 5.10 Å². The van der Waals surface area contributed by atoms with Gasteiger partial charge in [-0.05, 0) is 24.6 Å². The third-order valence-electron chi connectivity index (χ3n) is 3.52. The average Bonchev–Trinajstić information content (AvgIpc) is 2.88. The average molecular weight is 293 g/mol. The van der Waals surface area contributed by atoms with Gasteiger partial charge in [0.05, 0.1) is 12.3 Å². The van der Waals surface area contributed by atoms with Crippen molar-refractivity contribution in [3.63, 3.8) is 0 Å². The number of hydrogen-bond donors (Lipinski definition) is 1. The van der Waals surface area contributed by atoms with E-state index >= 15 is 0 Å². The second-order valence-corrected chi connectivity index (χ2v) is 5.51. The number of aromatic nitrogens is 2. The van der Waals surface area contributed by atoms with Gasteiger partial charge in [0.1, 0.15) is 11.9 Å². The molecular formula is C15H17ClN2O2. The number of fused-ring (bicyclic) bond motifs is 1. The van der Waals surface area contributed by atoms with Crippen molar-refractivity contribution in [1.82, 2.24) is 9.78 Å². The minimum Gasteiger partial charge on any atom is -0.485 e. The fraction of sp³-hybridized carbons (Fsp3) is 0.400. The van der Waals surface area contributed by atoms with E-state index in [0.717, 1.165) is 24.1 Å². The number of ether oxygens (including phenoxy) is 1. The van der Waals surface area contributed by atoms with Gasteiger partial charge in [0.25, 0.3) is 0 Å². The van der Waals surface area contributed by atoms with E-state index < -0.39 is 6.10 Å². The number of aryl methyl sites for hydroxylation is 1. The van der Waals surface area contributed by atoms with Crippen LogP contribution < -0.4 is 4.74 Å². The zero-order chi connectivity index (χ0) is 14.1. The van der Waals surface area contributed by atoms with Crippen molar-refractivity contribution in [2.45, 2.75) is 38.5 Å². The lowest BCUT2D eigenvalue weighted by atomic mass is 9.96. The Kier molecular flexibility index (Phi) is 3.68. The topological polar surface area (TPSA) is 47.3 Å². The zero-order valence-electron chi connectivity index (χ0n) is 11.3. The molecule has 1 N–H and O–H groups in total. The first-order valence-corrected chi connectivity index (χ1v) is 7.21. The maximum absolute atomic E-state index is 10.3. The first kappa shape index (κ1) is 13.5. The Morgan fingerprint density at radius 2 is 2.35 bits per heavy atom. The predicted octanol–water partition coefficient (Wildman–Crippen LogP) is 3.50. The van der Waals surface area contributed by atoms with E-state index in [1.54, 1.807) is 12.1 Å². The molecule has 0 radical (unpaired) electrons. The molecule has 1 aliphatic rings. The lowest BCUT2D eigenvalue weighted by Crippen LogP contribution is -2.18. The predicted molar refractivity (Wildman–Crippen MR) is 76.9 cm³/mol. The zero-order valence-corrected chi connectivity index (χ0v) is 12.0. The molecule has 106 valence electrons. The van der Waals surface area contributed by atoms with Crippen molar-refractivity contribution in [2.24, 2.45) is 0 Å². The molecule has 20 heavy (non-hydrogen) atoms. The molecular weight excluding hydrogens is 276 g/mol. The van der Waals surface area contributed by atoms with E-state index in [4.69, 9.17) is 16.3 Å². The minimum atomic E-state index is -0.558. The van der Waals surface area contributed by atoms with Crippen LogP contribution in [-0.4, -0.2) is 14.9 Å². The van der Waals surface area contributed by atoms with Gasteiger partial charge in [0, 0.05) is 35.3 Å². The van der Waals surface area contributed by atoms with Crippen LogP contribution in [0.5, 0.6) is 5.75 Å². The Bertz CT molecular complexity index is 612. The van der Waals surface area contributed by atoms with Crippen molar-refractivity contribution in [1.29, 1.82) is 0 Å². The molecule has 0 fully saturated rings. The lowest BCUT2D eigenvalue weighted by molar-refractivity contribution is 0.0657. The van der Waals surface area contributed by atoms with Gasteiger partial charge in [0.15, 0.2) is 0 Å². The summed E-state index contributed by atoms with van der Waals surface area (Å²) in [6.07, 6.45) is 4.64. The van der Waals surface area contributed by atoms with Crippen LogP contribution in [0.2, 0.25) is 5.02 Å². The summed E-state index contributed by atoms with van der Waals surface area (Å²) in [7, 11) is 0. The molecule has 1 aromatic carbocycles. The van der Waals surface area contributed by atoms with Gasteiger partial charge in [-0.3, -0.25) is 4.68 Å². The molecule has 0 amide bonds. The SMILES string of the molecule is CCCn1cc(C2CC(O)c3cc(Cl)ccc3O2)cn1. The van der Waals surface area contributed by atoms with Crippen LogP contribution in [0.4, 0.5) is 0 Å². The molecule has 1 aliphatic heterocycles. The molecule has 1 aromatic heterocycles. The monoisotopic (exact) mass is 292 g/mol. The van der Waals surface area contributed by atoms with Crippen molar-refractivity contribution < 1.29 is 9.84 Å². The van der Waals surface area contributed by atoms with Crippen molar-refractivity contribution in [3.05, 3.63) is 46.7 Å². The Balaban J connectivity index is 1.85. The van der Waals surface area contributed by atoms with Crippen LogP contribution in [0.3, 0.4) is 0 Å². The molecule has 0 saturated heterocycles. The van der Waals surface area contributed by atoms with E-state index in [9.17, 15) is 5.11 Å². The summed E-state index contributed by atoms with van der Waals surface area (Å²) in [4.78, 5) is 0. The summed E-state index contributed by atoms with van der Waals surface area (Å²) in [6.45, 7) is 3.00. The number of hydrogen-bond acceptors (Lipinski definition) is 3. The van der Waals surface area contributed by atoms with Crippen LogP contribution >= 0.6 is 11.6 Å². The number of benzene rings is 1. The van der Waals surface area contributed by atoms with Gasteiger partial charge in [-0.15, -0.1) is 0 Å². The van der Waals surface area contributed by atoms with Crippen LogP contribution in [0.25, 0.3) is 0 Å². The maximum Gasteiger partial charge on any atom is 0.130 e. The third kappa shape index (κ3) is 2.53. The fourth-order valence-corrected chi connectivity index (χ4v) is 2.70. The standard InChI is InChI=1S/C15H17ClN2O2/c1-2-5-18-9-10(8-17-18)15-7-13(19)12-6-11(16)3-4-14(12)20-15/h3-4,6,8-9,13,15,19H,2,5,7H2,1H3. The van der Waals surface area contributed by atoms with E-state index in [2.05, 4.69) is 12.0 Å².